The van der Waals surface area contributed by atoms with Crippen LogP contribution in [0, 0.1) is 32.4 Å². The van der Waals surface area contributed by atoms with Crippen LogP contribution in [0.2, 0.25) is 0 Å². The summed E-state index contributed by atoms with van der Waals surface area (Å²) in [6, 6.07) is 6.42. The minimum absolute atomic E-state index is 0.0843. The van der Waals surface area contributed by atoms with Crippen molar-refractivity contribution in [3.8, 4) is 0 Å². The molecule has 0 saturated carbocycles. The van der Waals surface area contributed by atoms with Crippen LogP contribution in [-0.4, -0.2) is 49.3 Å². The van der Waals surface area contributed by atoms with Crippen molar-refractivity contribution in [2.24, 2.45) is 0 Å². The zero-order valence-electron chi connectivity index (χ0n) is 19.5. The molecule has 181 valence electrons. The number of hydrogen-bond acceptors (Lipinski definition) is 5. The van der Waals surface area contributed by atoms with Crippen LogP contribution in [-0.2, 0) is 14.7 Å². The van der Waals surface area contributed by atoms with Gasteiger partial charge in [0, 0.05) is 0 Å². The molecule has 0 saturated heterocycles. The maximum atomic E-state index is 13.4. The Hall–Kier alpha value is -3.58. The molecule has 0 aliphatic carbocycles. The molecule has 7 nitrogen and oxygen atoms in total. The van der Waals surface area contributed by atoms with E-state index in [1.807, 2.05) is 0 Å². The third-order valence-corrected chi connectivity index (χ3v) is 7.38. The van der Waals surface area contributed by atoms with Gasteiger partial charge in [-0.15, -0.1) is 0 Å². The zero-order chi connectivity index (χ0) is 25.7. The van der Waals surface area contributed by atoms with Crippen LogP contribution in [0.25, 0.3) is 6.08 Å². The Balaban J connectivity index is 1.79. The quantitative estimate of drug-likeness (QED) is 0.258. The van der Waals surface area contributed by atoms with E-state index in [1.165, 1.54) is 31.6 Å². The van der Waals surface area contributed by atoms with E-state index in [-0.39, 0.29) is 15.5 Å². The first-order valence-electron chi connectivity index (χ1n) is 10.5. The average Bonchev–Trinajstić information content (AvgIpc) is 3.19. The number of nitrogens with one attached hydrogen (secondary N) is 2. The monoisotopic (exact) mass is 542 g/mol. The molecule has 0 spiro atoms. The molecule has 2 aromatic carbocycles. The number of methoxy groups -OCH3 is 1. The van der Waals surface area contributed by atoms with Crippen LogP contribution in [0.3, 0.4) is 0 Å². The van der Waals surface area contributed by atoms with Gasteiger partial charge in [-0.25, -0.2) is 0 Å². The van der Waals surface area contributed by atoms with Gasteiger partial charge in [0.15, 0.2) is 0 Å². The summed E-state index contributed by atoms with van der Waals surface area (Å²) in [6.45, 7) is 5.15. The fraction of sp³-hybridized carbons (Fsp3) is 0.200. The Morgan fingerprint density at radius 1 is 1.06 bits per heavy atom. The van der Waals surface area contributed by atoms with E-state index in [2.05, 4.69) is 15.3 Å². The second kappa shape index (κ2) is 11.2. The van der Waals surface area contributed by atoms with Crippen molar-refractivity contribution in [1.82, 2.24) is 15.3 Å². The number of amides is 1. The van der Waals surface area contributed by atoms with Crippen LogP contribution in [0.5, 0.6) is 0 Å². The van der Waals surface area contributed by atoms with Gasteiger partial charge in [0.05, 0.1) is 0 Å². The van der Waals surface area contributed by atoms with Crippen molar-refractivity contribution in [1.29, 1.82) is 0 Å². The normalized spacial score (nSPS) is 11.7. The number of imidazole rings is 1. The number of nitrogens with zero attached hydrogens (tertiary/aromatic N) is 1. The van der Waals surface area contributed by atoms with E-state index < -0.39 is 39.3 Å². The first-order chi connectivity index (χ1) is 16.6. The Morgan fingerprint density at radius 3 is 2.23 bits per heavy atom. The van der Waals surface area contributed by atoms with E-state index in [9.17, 15) is 23.2 Å². The van der Waals surface area contributed by atoms with Crippen LogP contribution in [0.15, 0.2) is 42.4 Å². The molecule has 0 bridgehead atoms. The van der Waals surface area contributed by atoms with E-state index in [0.29, 0.717) is 39.2 Å². The van der Waals surface area contributed by atoms with Crippen LogP contribution < -0.4 is 5.32 Å². The molecule has 1 aromatic heterocycles. The van der Waals surface area contributed by atoms with Crippen molar-refractivity contribution < 1.29 is 27.9 Å². The van der Waals surface area contributed by atoms with Gasteiger partial charge >= 0.3 is 208 Å². The molecule has 0 aliphatic heterocycles. The van der Waals surface area contributed by atoms with Crippen molar-refractivity contribution in [2.45, 2.75) is 26.0 Å². The topological polar surface area (TPSA) is 101 Å². The van der Waals surface area contributed by atoms with Gasteiger partial charge in [-0.05, 0) is 0 Å². The average molecular weight is 542 g/mol. The molecule has 0 unspecified atom stereocenters. The van der Waals surface area contributed by atoms with Gasteiger partial charge in [-0.3, -0.25) is 0 Å². The molecule has 10 heteroatoms. The Kier molecular flexibility index (Phi) is 8.35. The number of benzene rings is 2. The Morgan fingerprint density at radius 2 is 1.69 bits per heavy atom. The SMILES string of the molecule is COC(=O)C(=Cc1nc[nH]c1C)NC(=O)c1c(C)cc(C(=O)[As]Cc2cc(F)cc(F)c2)cc1C. The number of carbonyl (C=O) groups is 3. The third kappa shape index (κ3) is 6.51. The fourth-order valence-corrected chi connectivity index (χ4v) is 5.22. The molecule has 0 atom stereocenters. The molecule has 35 heavy (non-hydrogen) atoms. The molecular formula is C25H23AsF2N3O4. The predicted molar refractivity (Wildman–Crippen MR) is 127 cm³/mol. The number of halogens is 2. The summed E-state index contributed by atoms with van der Waals surface area (Å²) in [5.74, 6) is -2.63. The summed E-state index contributed by atoms with van der Waals surface area (Å²) in [7, 11) is 1.21. The number of esters is 1. The number of carbonyl (C=O) groups excluding carboxylic acids is 3. The summed E-state index contributed by atoms with van der Waals surface area (Å²) in [5.41, 5.74) is 3.35. The second-order valence-electron chi connectivity index (χ2n) is 7.80. The number of rotatable bonds is 8. The van der Waals surface area contributed by atoms with Crippen LogP contribution in [0.1, 0.15) is 48.8 Å². The number of aromatic nitrogens is 2. The standard InChI is InChI=1S/C25H23AsF2N3O4/c1-13-5-17(23(32)26-11-16-7-18(27)9-19(28)8-16)6-14(2)22(13)24(33)31-21(25(34)35-4)10-20-15(3)29-12-30-20/h5-10,12H,11H2,1-4H3,(H,29,30)(H,31,33). The van der Waals surface area contributed by atoms with E-state index in [4.69, 9.17) is 4.74 Å². The number of aromatic amines is 1. The van der Waals surface area contributed by atoms with Gasteiger partial charge in [-0.2, -0.15) is 0 Å². The molecule has 1 radical (unpaired) electrons. The molecule has 3 rings (SSSR count). The summed E-state index contributed by atoms with van der Waals surface area (Å²) in [6.07, 6.45) is 2.88. The van der Waals surface area contributed by atoms with Crippen molar-refractivity contribution in [3.63, 3.8) is 0 Å². The van der Waals surface area contributed by atoms with Crippen LogP contribution in [0.4, 0.5) is 8.78 Å². The molecule has 3 aromatic rings. The van der Waals surface area contributed by atoms with Gasteiger partial charge < -0.3 is 0 Å². The molecule has 1 heterocycles. The van der Waals surface area contributed by atoms with Crippen molar-refractivity contribution >= 4 is 38.3 Å². The first-order valence-corrected chi connectivity index (χ1v) is 12.7. The van der Waals surface area contributed by atoms with Gasteiger partial charge in [-0.1, -0.05) is 0 Å². The number of H-pyrrole nitrogens is 1. The molecule has 0 aliphatic rings. The predicted octanol–water partition coefficient (Wildman–Crippen LogP) is 3.60. The summed E-state index contributed by atoms with van der Waals surface area (Å²) >= 11 is -0.912. The van der Waals surface area contributed by atoms with E-state index in [0.717, 1.165) is 6.07 Å². The van der Waals surface area contributed by atoms with Gasteiger partial charge in [0.1, 0.15) is 0 Å². The summed E-state index contributed by atoms with van der Waals surface area (Å²) in [5, 5.41) is 2.85. The zero-order valence-corrected chi connectivity index (χ0v) is 21.4. The van der Waals surface area contributed by atoms with Crippen LogP contribution >= 0.6 is 0 Å². The summed E-state index contributed by atoms with van der Waals surface area (Å²) < 4.78 is 31.4. The first kappa shape index (κ1) is 26.0. The molecule has 1 amide bonds. The maximum absolute atomic E-state index is 13.4. The van der Waals surface area contributed by atoms with E-state index >= 15 is 0 Å². The third-order valence-electron chi connectivity index (χ3n) is 5.14. The number of aryl methyl sites for hydroxylation is 3. The van der Waals surface area contributed by atoms with Gasteiger partial charge in [0.2, 0.25) is 0 Å². The number of hydrogen-bond donors (Lipinski definition) is 2. The van der Waals surface area contributed by atoms with Gasteiger partial charge in [0.25, 0.3) is 0 Å². The summed E-state index contributed by atoms with van der Waals surface area (Å²) in [4.78, 5) is 45.0. The van der Waals surface area contributed by atoms with E-state index in [1.54, 1.807) is 32.9 Å². The van der Waals surface area contributed by atoms with Crippen molar-refractivity contribution in [2.75, 3.05) is 7.11 Å². The molecule has 0 fully saturated rings. The Labute approximate surface area is 207 Å². The molecule has 2 N–H and O–H groups in total. The Bertz CT molecular complexity index is 1290. The number of ether oxygens (including phenoxy) is 1. The van der Waals surface area contributed by atoms with Crippen molar-refractivity contribution in [3.05, 3.63) is 93.2 Å². The molecular weight excluding hydrogens is 519 g/mol. The second-order valence-corrected chi connectivity index (χ2v) is 9.98. The minimum atomic E-state index is -0.912. The fourth-order valence-electron chi connectivity index (χ4n) is 3.49.